The van der Waals surface area contributed by atoms with Gasteiger partial charge in [-0.25, -0.2) is 0 Å². The first-order chi connectivity index (χ1) is 7.33. The van der Waals surface area contributed by atoms with Gasteiger partial charge in [0.1, 0.15) is 12.5 Å². The zero-order chi connectivity index (χ0) is 12.7. The van der Waals surface area contributed by atoms with E-state index < -0.39 is 0 Å². The molecule has 1 rings (SSSR count). The molecule has 0 heterocycles. The molecule has 2 nitrogen and oxygen atoms in total. The minimum absolute atomic E-state index is 0.340. The lowest BCUT2D eigenvalue weighted by molar-refractivity contribution is -0.0979. The van der Waals surface area contributed by atoms with Crippen LogP contribution in [0.15, 0.2) is 24.3 Å². The molecule has 0 unspecified atom stereocenters. The van der Waals surface area contributed by atoms with Gasteiger partial charge in [-0.05, 0) is 24.1 Å². The molecular weight excluding hydrogens is 188 g/mol. The number of benzene rings is 1. The molecule has 0 aliphatic heterocycles. The van der Waals surface area contributed by atoms with E-state index in [0.717, 1.165) is 6.42 Å². The van der Waals surface area contributed by atoms with Crippen LogP contribution in [-0.4, -0.2) is 11.9 Å². The van der Waals surface area contributed by atoms with Crippen molar-refractivity contribution in [2.75, 3.05) is 0 Å². The van der Waals surface area contributed by atoms with Gasteiger partial charge in [0.2, 0.25) is 0 Å². The average molecular weight is 212 g/mol. The molecule has 1 aromatic carbocycles. The van der Waals surface area contributed by atoms with Crippen LogP contribution in [-0.2, 0) is 11.2 Å². The second-order valence-electron chi connectivity index (χ2n) is 2.02. The highest BCUT2D eigenvalue weighted by Gasteiger charge is 1.86. The van der Waals surface area contributed by atoms with E-state index in [-0.39, 0.29) is 0 Å². The van der Waals surface area contributed by atoms with Gasteiger partial charge in [0.15, 0.2) is 0 Å². The molecule has 15 heavy (non-hydrogen) atoms. The predicted octanol–water partition coefficient (Wildman–Crippen LogP) is 3.82. The molecule has 0 aromatic heterocycles. The Morgan fingerprint density at radius 2 is 1.33 bits per heavy atom. The maximum Gasteiger partial charge on any atom is 0.115 e. The molecule has 0 fully saturated rings. The zero-order valence-corrected chi connectivity index (χ0v) is 10.6. The molecule has 0 aliphatic carbocycles. The molecule has 1 aromatic rings. The molecule has 0 radical (unpaired) electrons. The molecule has 88 valence electrons. The highest BCUT2D eigenvalue weighted by molar-refractivity contribution is 5.25. The first-order valence-electron chi connectivity index (χ1n) is 5.39. The Labute approximate surface area is 94.0 Å². The number of hydrogen-bond donors (Lipinski definition) is 1. The fourth-order valence-electron chi connectivity index (χ4n) is 0.732. The summed E-state index contributed by atoms with van der Waals surface area (Å²) in [7, 11) is 0. The van der Waals surface area contributed by atoms with Crippen LogP contribution in [0.5, 0.6) is 5.75 Å². The lowest BCUT2D eigenvalue weighted by Crippen LogP contribution is -1.75. The van der Waals surface area contributed by atoms with E-state index >= 15 is 0 Å². The van der Waals surface area contributed by atoms with Crippen LogP contribution >= 0.6 is 0 Å². The van der Waals surface area contributed by atoms with E-state index in [4.69, 9.17) is 9.90 Å². The van der Waals surface area contributed by atoms with Crippen molar-refractivity contribution in [3.05, 3.63) is 29.8 Å². The van der Waals surface area contributed by atoms with Crippen LogP contribution in [0.25, 0.3) is 0 Å². The van der Waals surface area contributed by atoms with Gasteiger partial charge in [0.05, 0.1) is 0 Å². The summed E-state index contributed by atoms with van der Waals surface area (Å²) in [5.41, 5.74) is 1.26. The van der Waals surface area contributed by atoms with E-state index in [1.807, 2.05) is 46.6 Å². The monoisotopic (exact) mass is 212 g/mol. The second-order valence-corrected chi connectivity index (χ2v) is 2.02. The fraction of sp³-hybridized carbons (Fsp3) is 0.462. The highest BCUT2D eigenvalue weighted by atomic mass is 16.3. The number of rotatable bonds is 1. The van der Waals surface area contributed by atoms with E-state index in [0.29, 0.717) is 5.75 Å². The van der Waals surface area contributed by atoms with Crippen LogP contribution < -0.4 is 0 Å². The van der Waals surface area contributed by atoms with E-state index in [2.05, 4.69) is 6.92 Å². The van der Waals surface area contributed by atoms with Gasteiger partial charge in [-0.2, -0.15) is 0 Å². The van der Waals surface area contributed by atoms with Crippen LogP contribution in [0.3, 0.4) is 0 Å². The average Bonchev–Trinajstić information content (AvgIpc) is 2.38. The summed E-state index contributed by atoms with van der Waals surface area (Å²) in [5.74, 6) is 0.340. The second kappa shape index (κ2) is 18.5. The molecule has 0 amide bonds. The van der Waals surface area contributed by atoms with E-state index in [1.54, 1.807) is 12.1 Å². The lowest BCUT2D eigenvalue weighted by Gasteiger charge is -1.93. The number of phenolic OH excluding ortho intramolecular Hbond substituents is 1. The molecule has 0 saturated heterocycles. The molecule has 1 N–H and O–H groups in total. The Balaban J connectivity index is -0.000000208. The minimum Gasteiger partial charge on any atom is -0.508 e. The summed E-state index contributed by atoms with van der Waals surface area (Å²) in [6.07, 6.45) is 1.03. The Kier molecular flexibility index (Phi) is 23.8. The molecule has 0 spiro atoms. The van der Waals surface area contributed by atoms with Crippen LogP contribution in [0.4, 0.5) is 0 Å². The zero-order valence-electron chi connectivity index (χ0n) is 10.6. The normalized spacial score (nSPS) is 6.73. The number of hydrogen-bond acceptors (Lipinski definition) is 2. The van der Waals surface area contributed by atoms with Gasteiger partial charge in [0, 0.05) is 0 Å². The van der Waals surface area contributed by atoms with Crippen LogP contribution in [0.2, 0.25) is 0 Å². The Hall–Kier alpha value is -1.31. The third-order valence-electron chi connectivity index (χ3n) is 1.34. The van der Waals surface area contributed by atoms with Crippen molar-refractivity contribution in [1.29, 1.82) is 0 Å². The summed E-state index contributed by atoms with van der Waals surface area (Å²) in [6.45, 7) is 12.1. The number of phenols is 1. The largest absolute Gasteiger partial charge is 0.508 e. The summed E-state index contributed by atoms with van der Waals surface area (Å²) in [4.78, 5) is 8.00. The van der Waals surface area contributed by atoms with Crippen molar-refractivity contribution >= 4 is 6.79 Å². The minimum atomic E-state index is 0.340. The van der Waals surface area contributed by atoms with Crippen molar-refractivity contribution in [3.8, 4) is 5.75 Å². The molecule has 0 saturated carbocycles. The fourth-order valence-corrected chi connectivity index (χ4v) is 0.732. The standard InChI is InChI=1S/C8H10O.2C2H6.CH2O/c1-2-7-3-5-8(9)6-4-7;3*1-2/h3-6,9H,2H2,1H3;2*1-2H3;1H2. The topological polar surface area (TPSA) is 37.3 Å². The molecule has 0 atom stereocenters. The quantitative estimate of drug-likeness (QED) is 0.768. The number of carbonyl (C=O) groups excluding carboxylic acids is 1. The first kappa shape index (κ1) is 19.3. The van der Waals surface area contributed by atoms with E-state index in [9.17, 15) is 0 Å². The molecule has 2 heteroatoms. The number of aromatic hydroxyl groups is 1. The van der Waals surface area contributed by atoms with Gasteiger partial charge < -0.3 is 9.90 Å². The first-order valence-corrected chi connectivity index (χ1v) is 5.39. The SMILES string of the molecule is C=O.CC.CC.CCc1ccc(O)cc1. The maximum absolute atomic E-state index is 8.85. The lowest BCUT2D eigenvalue weighted by atomic mass is 10.2. The van der Waals surface area contributed by atoms with E-state index in [1.165, 1.54) is 5.56 Å². The van der Waals surface area contributed by atoms with Gasteiger partial charge in [-0.1, -0.05) is 46.8 Å². The van der Waals surface area contributed by atoms with Crippen LogP contribution in [0, 0.1) is 0 Å². The van der Waals surface area contributed by atoms with Crippen molar-refractivity contribution < 1.29 is 9.90 Å². The Morgan fingerprint density at radius 1 is 1.00 bits per heavy atom. The number of carbonyl (C=O) groups is 1. The Morgan fingerprint density at radius 3 is 1.60 bits per heavy atom. The predicted molar refractivity (Wildman–Crippen MR) is 67.3 cm³/mol. The maximum atomic E-state index is 8.85. The van der Waals surface area contributed by atoms with Crippen molar-refractivity contribution in [1.82, 2.24) is 0 Å². The highest BCUT2D eigenvalue weighted by Crippen LogP contribution is 2.09. The van der Waals surface area contributed by atoms with Gasteiger partial charge in [0.25, 0.3) is 0 Å². The Bertz CT molecular complexity index is 192. The summed E-state index contributed by atoms with van der Waals surface area (Å²) < 4.78 is 0. The van der Waals surface area contributed by atoms with Gasteiger partial charge in [-0.3, -0.25) is 0 Å². The van der Waals surface area contributed by atoms with Gasteiger partial charge in [-0.15, -0.1) is 0 Å². The molecular formula is C13H24O2. The van der Waals surface area contributed by atoms with Gasteiger partial charge >= 0.3 is 0 Å². The summed E-state index contributed by atoms with van der Waals surface area (Å²) in [5, 5.41) is 8.85. The third-order valence-corrected chi connectivity index (χ3v) is 1.34. The van der Waals surface area contributed by atoms with Crippen molar-refractivity contribution in [2.45, 2.75) is 41.0 Å². The molecule has 0 aliphatic rings. The molecule has 0 bridgehead atoms. The van der Waals surface area contributed by atoms with Crippen molar-refractivity contribution in [2.24, 2.45) is 0 Å². The third kappa shape index (κ3) is 12.7. The van der Waals surface area contributed by atoms with Crippen LogP contribution in [0.1, 0.15) is 40.2 Å². The summed E-state index contributed by atoms with van der Waals surface area (Å²) in [6, 6.07) is 7.27. The summed E-state index contributed by atoms with van der Waals surface area (Å²) >= 11 is 0. The number of aryl methyl sites for hydroxylation is 1. The van der Waals surface area contributed by atoms with Crippen molar-refractivity contribution in [3.63, 3.8) is 0 Å². The smallest absolute Gasteiger partial charge is 0.115 e.